The Morgan fingerprint density at radius 2 is 1.93 bits per heavy atom. The summed E-state index contributed by atoms with van der Waals surface area (Å²) in [6, 6.07) is 0.978. The highest BCUT2D eigenvalue weighted by Crippen LogP contribution is 2.34. The number of hydrogen-bond donors (Lipinski definition) is 1. The molecule has 2 nitrogen and oxygen atoms in total. The summed E-state index contributed by atoms with van der Waals surface area (Å²) in [4.78, 5) is 2.61. The topological polar surface area (TPSA) is 29.3 Å². The third-order valence-electron chi connectivity index (χ3n) is 3.78. The lowest BCUT2D eigenvalue weighted by molar-refractivity contribution is 0.193. The molecule has 1 saturated heterocycles. The standard InChI is InChI=1S/C13H28N2/c1-10(14)8-11(2)15-7-6-12(9-15)13(3,4)5/h10-12H,6-9,14H2,1-5H3. The second kappa shape index (κ2) is 4.84. The van der Waals surface area contributed by atoms with E-state index >= 15 is 0 Å². The number of hydrogen-bond acceptors (Lipinski definition) is 2. The van der Waals surface area contributed by atoms with Crippen LogP contribution in [-0.2, 0) is 0 Å². The smallest absolute Gasteiger partial charge is 0.00816 e. The monoisotopic (exact) mass is 212 g/mol. The van der Waals surface area contributed by atoms with Gasteiger partial charge in [0, 0.05) is 18.6 Å². The number of likely N-dealkylation sites (tertiary alicyclic amines) is 1. The maximum Gasteiger partial charge on any atom is 0.00816 e. The first-order valence-electron chi connectivity index (χ1n) is 6.30. The molecule has 0 aromatic carbocycles. The van der Waals surface area contributed by atoms with Crippen LogP contribution in [0, 0.1) is 11.3 Å². The van der Waals surface area contributed by atoms with Crippen LogP contribution >= 0.6 is 0 Å². The summed E-state index contributed by atoms with van der Waals surface area (Å²) in [6.07, 6.45) is 2.48. The average molecular weight is 212 g/mol. The molecule has 0 amide bonds. The van der Waals surface area contributed by atoms with E-state index in [4.69, 9.17) is 5.73 Å². The minimum absolute atomic E-state index is 0.327. The number of nitrogens with two attached hydrogens (primary N) is 1. The molecular weight excluding hydrogens is 184 g/mol. The zero-order chi connectivity index (χ0) is 11.6. The van der Waals surface area contributed by atoms with Gasteiger partial charge < -0.3 is 10.6 Å². The SMILES string of the molecule is CC(N)CC(C)N1CCC(C(C)(C)C)C1. The van der Waals surface area contributed by atoms with Gasteiger partial charge in [0.1, 0.15) is 0 Å². The van der Waals surface area contributed by atoms with E-state index in [9.17, 15) is 0 Å². The van der Waals surface area contributed by atoms with Crippen molar-refractivity contribution >= 4 is 0 Å². The van der Waals surface area contributed by atoms with Crippen molar-refractivity contribution < 1.29 is 0 Å². The molecule has 1 heterocycles. The second-order valence-corrected chi connectivity index (χ2v) is 6.41. The fourth-order valence-electron chi connectivity index (χ4n) is 2.58. The fraction of sp³-hybridized carbons (Fsp3) is 1.00. The first-order chi connectivity index (χ1) is 6.80. The van der Waals surface area contributed by atoms with E-state index in [-0.39, 0.29) is 0 Å². The molecule has 0 aliphatic carbocycles. The minimum atomic E-state index is 0.327. The van der Waals surface area contributed by atoms with E-state index in [0.29, 0.717) is 17.5 Å². The molecule has 3 unspecified atom stereocenters. The van der Waals surface area contributed by atoms with Gasteiger partial charge in [-0.25, -0.2) is 0 Å². The predicted molar refractivity (Wildman–Crippen MR) is 66.9 cm³/mol. The molecule has 1 fully saturated rings. The third kappa shape index (κ3) is 3.76. The third-order valence-corrected chi connectivity index (χ3v) is 3.78. The molecule has 1 aliphatic heterocycles. The summed E-state index contributed by atoms with van der Waals surface area (Å²) in [5.74, 6) is 0.855. The Balaban J connectivity index is 2.42. The molecule has 2 N–H and O–H groups in total. The first kappa shape index (κ1) is 13.0. The maximum absolute atomic E-state index is 5.85. The largest absolute Gasteiger partial charge is 0.328 e. The van der Waals surface area contributed by atoms with Gasteiger partial charge in [0.25, 0.3) is 0 Å². The van der Waals surface area contributed by atoms with Gasteiger partial charge in [0.2, 0.25) is 0 Å². The highest BCUT2D eigenvalue weighted by Gasteiger charge is 2.33. The molecule has 0 radical (unpaired) electrons. The van der Waals surface area contributed by atoms with Crippen molar-refractivity contribution in [2.75, 3.05) is 13.1 Å². The van der Waals surface area contributed by atoms with Crippen LogP contribution in [0.5, 0.6) is 0 Å². The molecule has 0 spiro atoms. The molecule has 0 bridgehead atoms. The Hall–Kier alpha value is -0.0800. The van der Waals surface area contributed by atoms with Crippen LogP contribution in [0.1, 0.15) is 47.5 Å². The Bertz CT molecular complexity index is 193. The van der Waals surface area contributed by atoms with Crippen molar-refractivity contribution in [2.24, 2.45) is 17.1 Å². The number of rotatable bonds is 3. The summed E-state index contributed by atoms with van der Waals surface area (Å²) in [5, 5.41) is 0. The molecular formula is C13H28N2. The van der Waals surface area contributed by atoms with Crippen molar-refractivity contribution in [3.8, 4) is 0 Å². The molecule has 3 atom stereocenters. The Kier molecular flexibility index (Phi) is 4.19. The van der Waals surface area contributed by atoms with Gasteiger partial charge in [-0.3, -0.25) is 0 Å². The van der Waals surface area contributed by atoms with Crippen LogP contribution in [0.15, 0.2) is 0 Å². The van der Waals surface area contributed by atoms with Gasteiger partial charge in [0.15, 0.2) is 0 Å². The highest BCUT2D eigenvalue weighted by molar-refractivity contribution is 4.86. The average Bonchev–Trinajstić information content (AvgIpc) is 2.48. The van der Waals surface area contributed by atoms with Crippen LogP contribution in [0.2, 0.25) is 0 Å². The molecule has 0 aromatic rings. The van der Waals surface area contributed by atoms with Crippen LogP contribution in [0.25, 0.3) is 0 Å². The van der Waals surface area contributed by atoms with Gasteiger partial charge in [-0.05, 0) is 44.6 Å². The lowest BCUT2D eigenvalue weighted by atomic mass is 9.80. The Morgan fingerprint density at radius 1 is 1.33 bits per heavy atom. The molecule has 0 aromatic heterocycles. The molecule has 1 aliphatic rings. The molecule has 1 rings (SSSR count). The minimum Gasteiger partial charge on any atom is -0.328 e. The van der Waals surface area contributed by atoms with Gasteiger partial charge in [-0.2, -0.15) is 0 Å². The Labute approximate surface area is 95.2 Å². The summed E-state index contributed by atoms with van der Waals surface area (Å²) in [7, 11) is 0. The molecule has 15 heavy (non-hydrogen) atoms. The van der Waals surface area contributed by atoms with E-state index in [1.807, 2.05) is 0 Å². The van der Waals surface area contributed by atoms with E-state index in [1.165, 1.54) is 19.5 Å². The zero-order valence-electron chi connectivity index (χ0n) is 11.1. The van der Waals surface area contributed by atoms with E-state index in [1.54, 1.807) is 0 Å². The summed E-state index contributed by atoms with van der Waals surface area (Å²) in [5.41, 5.74) is 6.32. The molecule has 2 heteroatoms. The zero-order valence-corrected chi connectivity index (χ0v) is 11.1. The van der Waals surface area contributed by atoms with Crippen molar-refractivity contribution in [1.29, 1.82) is 0 Å². The van der Waals surface area contributed by atoms with Gasteiger partial charge in [-0.1, -0.05) is 20.8 Å². The van der Waals surface area contributed by atoms with Crippen molar-refractivity contribution in [3.05, 3.63) is 0 Å². The predicted octanol–water partition coefficient (Wildman–Crippen LogP) is 2.48. The summed E-state index contributed by atoms with van der Waals surface area (Å²) < 4.78 is 0. The van der Waals surface area contributed by atoms with E-state index in [0.717, 1.165) is 12.3 Å². The highest BCUT2D eigenvalue weighted by atomic mass is 15.2. The maximum atomic E-state index is 5.85. The second-order valence-electron chi connectivity index (χ2n) is 6.41. The van der Waals surface area contributed by atoms with Crippen molar-refractivity contribution in [2.45, 2.75) is 59.5 Å². The van der Waals surface area contributed by atoms with Gasteiger partial charge >= 0.3 is 0 Å². The lowest BCUT2D eigenvalue weighted by Gasteiger charge is -2.29. The van der Waals surface area contributed by atoms with Gasteiger partial charge in [-0.15, -0.1) is 0 Å². The van der Waals surface area contributed by atoms with Gasteiger partial charge in [0.05, 0.1) is 0 Å². The quantitative estimate of drug-likeness (QED) is 0.779. The van der Waals surface area contributed by atoms with Crippen molar-refractivity contribution in [3.63, 3.8) is 0 Å². The lowest BCUT2D eigenvalue weighted by Crippen LogP contribution is -2.36. The van der Waals surface area contributed by atoms with Crippen LogP contribution in [0.3, 0.4) is 0 Å². The van der Waals surface area contributed by atoms with Crippen LogP contribution in [0.4, 0.5) is 0 Å². The normalized spacial score (nSPS) is 28.0. The van der Waals surface area contributed by atoms with Crippen LogP contribution in [-0.4, -0.2) is 30.1 Å². The Morgan fingerprint density at radius 3 is 2.33 bits per heavy atom. The van der Waals surface area contributed by atoms with E-state index < -0.39 is 0 Å². The van der Waals surface area contributed by atoms with E-state index in [2.05, 4.69) is 39.5 Å². The number of nitrogens with zero attached hydrogens (tertiary/aromatic N) is 1. The summed E-state index contributed by atoms with van der Waals surface area (Å²) >= 11 is 0. The first-order valence-corrected chi connectivity index (χ1v) is 6.30. The summed E-state index contributed by atoms with van der Waals surface area (Å²) in [6.45, 7) is 14.0. The molecule has 0 saturated carbocycles. The van der Waals surface area contributed by atoms with Crippen molar-refractivity contribution in [1.82, 2.24) is 4.90 Å². The van der Waals surface area contributed by atoms with Crippen LogP contribution < -0.4 is 5.73 Å². The fourth-order valence-corrected chi connectivity index (χ4v) is 2.58. The molecule has 90 valence electrons.